The van der Waals surface area contributed by atoms with Crippen LogP contribution in [0.15, 0.2) is 48.8 Å². The van der Waals surface area contributed by atoms with E-state index in [0.29, 0.717) is 10.6 Å². The van der Waals surface area contributed by atoms with Crippen LogP contribution in [0.4, 0.5) is 27.1 Å². The molecule has 1 aromatic carbocycles. The highest BCUT2D eigenvalue weighted by Crippen LogP contribution is 2.24. The van der Waals surface area contributed by atoms with Crippen LogP contribution in [0.5, 0.6) is 5.75 Å². The highest BCUT2D eigenvalue weighted by atomic mass is 32.1. The van der Waals surface area contributed by atoms with E-state index in [9.17, 15) is 31.5 Å². The molecule has 3 aromatic heterocycles. The van der Waals surface area contributed by atoms with Crippen LogP contribution in [0.25, 0.3) is 0 Å². The summed E-state index contributed by atoms with van der Waals surface area (Å²) in [6, 6.07) is 7.68. The summed E-state index contributed by atoms with van der Waals surface area (Å²) in [6.07, 6.45) is -3.55. The number of rotatable bonds is 12. The van der Waals surface area contributed by atoms with E-state index < -0.39 is 35.9 Å². The number of nitrogens with zero attached hydrogens (tertiary/aromatic N) is 6. The Morgan fingerprint density at radius 3 is 2.73 bits per heavy atom. The van der Waals surface area contributed by atoms with Gasteiger partial charge in [-0.15, -0.1) is 28.5 Å². The van der Waals surface area contributed by atoms with Crippen molar-refractivity contribution in [2.75, 3.05) is 5.32 Å². The zero-order valence-corrected chi connectivity index (χ0v) is 21.8. The van der Waals surface area contributed by atoms with E-state index in [4.69, 9.17) is 0 Å². The molecule has 0 aliphatic carbocycles. The lowest BCUT2D eigenvalue weighted by molar-refractivity contribution is -0.274. The minimum Gasteiger partial charge on any atom is -0.406 e. The molecular weight excluding hydrogens is 575 g/mol. The fraction of sp³-hybridized carbons (Fsp3) is 0.292. The fourth-order valence-electron chi connectivity index (χ4n) is 3.48. The number of aryl methyl sites for hydroxylation is 1. The summed E-state index contributed by atoms with van der Waals surface area (Å²) in [5, 5.41) is 20.8. The van der Waals surface area contributed by atoms with Gasteiger partial charge in [0.2, 0.25) is 11.0 Å². The fourth-order valence-corrected chi connectivity index (χ4v) is 4.25. The summed E-state index contributed by atoms with van der Waals surface area (Å²) in [6.45, 7) is -0.340. The maximum Gasteiger partial charge on any atom is 0.573 e. The molecule has 0 aliphatic rings. The molecule has 216 valence electrons. The van der Waals surface area contributed by atoms with Gasteiger partial charge in [0.15, 0.2) is 5.69 Å². The molecule has 0 saturated heterocycles. The van der Waals surface area contributed by atoms with Gasteiger partial charge >= 0.3 is 6.36 Å². The van der Waals surface area contributed by atoms with E-state index in [1.165, 1.54) is 41.3 Å². The Bertz CT molecular complexity index is 1500. The molecule has 0 spiro atoms. The molecule has 0 radical (unpaired) electrons. The van der Waals surface area contributed by atoms with Crippen LogP contribution in [0.2, 0.25) is 0 Å². The summed E-state index contributed by atoms with van der Waals surface area (Å²) in [7, 11) is 0. The van der Waals surface area contributed by atoms with Crippen molar-refractivity contribution >= 4 is 28.3 Å². The van der Waals surface area contributed by atoms with Gasteiger partial charge in [-0.1, -0.05) is 28.7 Å². The molecule has 3 heterocycles. The van der Waals surface area contributed by atoms with Gasteiger partial charge in [-0.05, 0) is 36.2 Å². The first-order valence-corrected chi connectivity index (χ1v) is 12.7. The number of amides is 2. The normalized spacial score (nSPS) is 12.1. The van der Waals surface area contributed by atoms with Crippen LogP contribution >= 0.6 is 11.3 Å². The lowest BCUT2D eigenvalue weighted by atomic mass is 10.1. The minimum absolute atomic E-state index is 0.0366. The first kappa shape index (κ1) is 29.4. The lowest BCUT2D eigenvalue weighted by Gasteiger charge is -2.09. The van der Waals surface area contributed by atoms with Gasteiger partial charge in [-0.25, -0.2) is 13.5 Å². The van der Waals surface area contributed by atoms with E-state index in [1.807, 2.05) is 0 Å². The number of halogens is 5. The van der Waals surface area contributed by atoms with Crippen molar-refractivity contribution in [2.24, 2.45) is 0 Å². The molecule has 1 unspecified atom stereocenters. The van der Waals surface area contributed by atoms with Crippen molar-refractivity contribution in [2.45, 2.75) is 44.9 Å². The Morgan fingerprint density at radius 2 is 1.95 bits per heavy atom. The Morgan fingerprint density at radius 1 is 1.12 bits per heavy atom. The minimum atomic E-state index is -4.85. The Labute approximate surface area is 232 Å². The summed E-state index contributed by atoms with van der Waals surface area (Å²) >= 11 is 1.03. The van der Waals surface area contributed by atoms with Gasteiger partial charge in [0.05, 0.1) is 31.4 Å². The first-order valence-electron chi connectivity index (χ1n) is 11.9. The van der Waals surface area contributed by atoms with E-state index in [1.54, 1.807) is 0 Å². The van der Waals surface area contributed by atoms with E-state index in [-0.39, 0.29) is 48.9 Å². The number of benzene rings is 1. The molecule has 4 aromatic rings. The third-order valence-electron chi connectivity index (χ3n) is 5.29. The number of aromatic nitrogens is 6. The van der Waals surface area contributed by atoms with Crippen molar-refractivity contribution in [3.8, 4) is 5.75 Å². The van der Waals surface area contributed by atoms with Gasteiger partial charge in [0, 0.05) is 12.6 Å². The number of nitrogens with one attached hydrogen (secondary N) is 2. The zero-order valence-electron chi connectivity index (χ0n) is 20.9. The van der Waals surface area contributed by atoms with Crippen molar-refractivity contribution in [1.82, 2.24) is 35.5 Å². The van der Waals surface area contributed by atoms with Gasteiger partial charge in [0.1, 0.15) is 22.7 Å². The van der Waals surface area contributed by atoms with Crippen molar-refractivity contribution in [3.63, 3.8) is 0 Å². The third kappa shape index (κ3) is 9.26. The van der Waals surface area contributed by atoms with E-state index >= 15 is 0 Å². The number of pyridine rings is 1. The second-order valence-electron chi connectivity index (χ2n) is 8.50. The maximum absolute atomic E-state index is 14.6. The second kappa shape index (κ2) is 13.2. The van der Waals surface area contributed by atoms with Crippen LogP contribution in [-0.2, 0) is 30.7 Å². The van der Waals surface area contributed by atoms with Crippen LogP contribution in [-0.4, -0.2) is 54.5 Å². The van der Waals surface area contributed by atoms with Gasteiger partial charge in [-0.2, -0.15) is 0 Å². The van der Waals surface area contributed by atoms with Gasteiger partial charge in [-0.3, -0.25) is 14.6 Å². The zero-order chi connectivity index (χ0) is 29.4. The van der Waals surface area contributed by atoms with E-state index in [0.717, 1.165) is 23.5 Å². The number of hydrogen-bond donors (Lipinski definition) is 2. The molecule has 1 atom stereocenters. The summed E-state index contributed by atoms with van der Waals surface area (Å²) in [5.41, 5.74) is 0.281. The predicted molar refractivity (Wildman–Crippen MR) is 134 cm³/mol. The summed E-state index contributed by atoms with van der Waals surface area (Å²) in [5.74, 6) is -2.16. The molecule has 17 heteroatoms. The molecule has 2 amide bonds. The van der Waals surface area contributed by atoms with Crippen molar-refractivity contribution in [3.05, 3.63) is 76.6 Å². The second-order valence-corrected chi connectivity index (χ2v) is 9.56. The Balaban J connectivity index is 1.20. The van der Waals surface area contributed by atoms with Crippen molar-refractivity contribution in [1.29, 1.82) is 0 Å². The molecule has 2 N–H and O–H groups in total. The SMILES string of the molecule is O=C(Cc1cccc(OC(F)(F)F)c1)Nc1nnc(CCC(F)Cn2cc(C(=O)NCc3ncccc3F)nn2)s1. The monoisotopic (exact) mass is 596 g/mol. The standard InChI is InChI=1S/C24H21F5N8O3S/c25-15(12-37-13-19(33-36-37)22(39)31-11-18-17(26)5-2-8-30-18)6-7-21-34-35-23(41-21)32-20(38)10-14-3-1-4-16(9-14)40-24(27,28)29/h1-5,8-9,13,15H,6-7,10-12H2,(H,31,39)(H,32,35,38). The molecule has 4 rings (SSSR count). The molecule has 0 fully saturated rings. The number of carbonyl (C=O) groups is 2. The molecule has 0 saturated carbocycles. The average molecular weight is 597 g/mol. The molecule has 0 aliphatic heterocycles. The Kier molecular flexibility index (Phi) is 9.49. The average Bonchev–Trinajstić information content (AvgIpc) is 3.55. The largest absolute Gasteiger partial charge is 0.573 e. The number of alkyl halides is 4. The number of anilines is 1. The highest BCUT2D eigenvalue weighted by molar-refractivity contribution is 7.15. The number of ether oxygens (including phenoxy) is 1. The Hall–Kier alpha value is -4.54. The molecular formula is C24H21F5N8O3S. The lowest BCUT2D eigenvalue weighted by Crippen LogP contribution is -2.24. The summed E-state index contributed by atoms with van der Waals surface area (Å²) in [4.78, 5) is 28.3. The topological polar surface area (TPSA) is 137 Å². The van der Waals surface area contributed by atoms with Gasteiger partial charge < -0.3 is 15.4 Å². The van der Waals surface area contributed by atoms with Gasteiger partial charge in [0.25, 0.3) is 5.91 Å². The molecule has 0 bridgehead atoms. The number of carbonyl (C=O) groups excluding carboxylic acids is 2. The summed E-state index contributed by atoms with van der Waals surface area (Å²) < 4.78 is 70.4. The highest BCUT2D eigenvalue weighted by Gasteiger charge is 2.31. The van der Waals surface area contributed by atoms with Crippen molar-refractivity contribution < 1.29 is 36.3 Å². The number of hydrogen-bond acceptors (Lipinski definition) is 9. The quantitative estimate of drug-likeness (QED) is 0.237. The van der Waals surface area contributed by atoms with Crippen LogP contribution in [0, 0.1) is 5.82 Å². The first-order chi connectivity index (χ1) is 19.5. The van der Waals surface area contributed by atoms with E-state index in [2.05, 4.69) is 40.9 Å². The van der Waals surface area contributed by atoms with Crippen LogP contribution in [0.1, 0.15) is 33.2 Å². The van der Waals surface area contributed by atoms with Crippen LogP contribution in [0.3, 0.4) is 0 Å². The van der Waals surface area contributed by atoms with Crippen LogP contribution < -0.4 is 15.4 Å². The molecule has 11 nitrogen and oxygen atoms in total. The maximum atomic E-state index is 14.6. The third-order valence-corrected chi connectivity index (χ3v) is 6.19. The molecule has 41 heavy (non-hydrogen) atoms. The smallest absolute Gasteiger partial charge is 0.406 e. The predicted octanol–water partition coefficient (Wildman–Crippen LogP) is 3.64.